The molecule has 0 fully saturated rings. The first-order valence-electron chi connectivity index (χ1n) is 5.42. The number of aromatic nitrogens is 1. The minimum atomic E-state index is -0.511. The highest BCUT2D eigenvalue weighted by atomic mass is 35.5. The van der Waals surface area contributed by atoms with Crippen LogP contribution < -0.4 is 0 Å². The minimum absolute atomic E-state index is 0.0466. The van der Waals surface area contributed by atoms with Gasteiger partial charge in [0.25, 0.3) is 0 Å². The second-order valence-corrected chi connectivity index (χ2v) is 5.34. The number of nitrogens with zero attached hydrogens (tertiary/aromatic N) is 1. The Bertz CT molecular complexity index is 582. The standard InChI is InChI=1S/C13H11ClFNOS/c1-8-7-18-12(16-8)6-10(17)5-9-3-2-4-11(14)13(9)15/h2-4,7H,5-6H2,1H3. The van der Waals surface area contributed by atoms with E-state index in [-0.39, 0.29) is 23.6 Å². The van der Waals surface area contributed by atoms with E-state index in [0.29, 0.717) is 5.56 Å². The molecule has 0 aliphatic carbocycles. The van der Waals surface area contributed by atoms with Crippen molar-refractivity contribution in [2.75, 3.05) is 0 Å². The molecular formula is C13H11ClFNOS. The summed E-state index contributed by atoms with van der Waals surface area (Å²) in [5.41, 5.74) is 1.23. The lowest BCUT2D eigenvalue weighted by atomic mass is 10.1. The molecule has 0 spiro atoms. The molecule has 0 atom stereocenters. The van der Waals surface area contributed by atoms with Crippen LogP contribution >= 0.6 is 22.9 Å². The van der Waals surface area contributed by atoms with Crippen LogP contribution in [0.5, 0.6) is 0 Å². The van der Waals surface area contributed by atoms with Gasteiger partial charge < -0.3 is 0 Å². The Morgan fingerprint density at radius 1 is 1.44 bits per heavy atom. The van der Waals surface area contributed by atoms with E-state index in [0.717, 1.165) is 10.7 Å². The molecule has 2 nitrogen and oxygen atoms in total. The van der Waals surface area contributed by atoms with E-state index in [1.54, 1.807) is 12.1 Å². The largest absolute Gasteiger partial charge is 0.299 e. The number of hydrogen-bond donors (Lipinski definition) is 0. The molecule has 0 saturated heterocycles. The van der Waals surface area contributed by atoms with Gasteiger partial charge in [-0.1, -0.05) is 23.7 Å². The summed E-state index contributed by atoms with van der Waals surface area (Å²) in [5, 5.41) is 2.70. The van der Waals surface area contributed by atoms with Crippen LogP contribution in [0.3, 0.4) is 0 Å². The van der Waals surface area contributed by atoms with Gasteiger partial charge in [-0.05, 0) is 18.6 Å². The molecule has 94 valence electrons. The topological polar surface area (TPSA) is 30.0 Å². The van der Waals surface area contributed by atoms with E-state index in [2.05, 4.69) is 4.98 Å². The van der Waals surface area contributed by atoms with Crippen molar-refractivity contribution in [2.45, 2.75) is 19.8 Å². The summed E-state index contributed by atoms with van der Waals surface area (Å²) in [6.45, 7) is 1.88. The molecule has 18 heavy (non-hydrogen) atoms. The van der Waals surface area contributed by atoms with Gasteiger partial charge >= 0.3 is 0 Å². The lowest BCUT2D eigenvalue weighted by Crippen LogP contribution is -2.08. The maximum absolute atomic E-state index is 13.6. The molecule has 0 radical (unpaired) electrons. The fourth-order valence-corrected chi connectivity index (χ4v) is 2.61. The van der Waals surface area contributed by atoms with Crippen LogP contribution in [-0.2, 0) is 17.6 Å². The molecule has 1 aromatic carbocycles. The molecule has 1 heterocycles. The molecule has 0 aliphatic heterocycles. The van der Waals surface area contributed by atoms with Crippen molar-refractivity contribution in [3.8, 4) is 0 Å². The van der Waals surface area contributed by atoms with Crippen LogP contribution in [0.4, 0.5) is 4.39 Å². The molecule has 0 bridgehead atoms. The molecule has 0 unspecified atom stereocenters. The Morgan fingerprint density at radius 3 is 2.89 bits per heavy atom. The summed E-state index contributed by atoms with van der Waals surface area (Å²) in [6, 6.07) is 4.68. The highest BCUT2D eigenvalue weighted by Gasteiger charge is 2.12. The fraction of sp³-hybridized carbons (Fsp3) is 0.231. The predicted molar refractivity (Wildman–Crippen MR) is 70.7 cm³/mol. The van der Waals surface area contributed by atoms with Gasteiger partial charge in [0.1, 0.15) is 16.6 Å². The molecule has 0 amide bonds. The van der Waals surface area contributed by atoms with Gasteiger partial charge in [-0.25, -0.2) is 9.37 Å². The third kappa shape index (κ3) is 3.15. The second kappa shape index (κ2) is 5.59. The van der Waals surface area contributed by atoms with E-state index >= 15 is 0 Å². The Labute approximate surface area is 113 Å². The lowest BCUT2D eigenvalue weighted by Gasteiger charge is -2.03. The zero-order valence-corrected chi connectivity index (χ0v) is 11.3. The number of Topliss-reactive ketones (excluding diaryl/α,β-unsaturated/α-hetero) is 1. The average Bonchev–Trinajstić information content (AvgIpc) is 2.70. The van der Waals surface area contributed by atoms with Crippen LogP contribution in [0.15, 0.2) is 23.6 Å². The molecule has 2 aromatic rings. The van der Waals surface area contributed by atoms with Gasteiger partial charge in [0, 0.05) is 17.5 Å². The number of halogens is 2. The smallest absolute Gasteiger partial charge is 0.145 e. The van der Waals surface area contributed by atoms with Crippen molar-refractivity contribution in [2.24, 2.45) is 0 Å². The maximum atomic E-state index is 13.6. The summed E-state index contributed by atoms with van der Waals surface area (Å²) in [5.74, 6) is -0.576. The van der Waals surface area contributed by atoms with Crippen LogP contribution in [0.25, 0.3) is 0 Å². The van der Waals surface area contributed by atoms with Gasteiger partial charge in [0.05, 0.1) is 11.4 Å². The molecule has 5 heteroatoms. The van der Waals surface area contributed by atoms with Crippen molar-refractivity contribution in [1.29, 1.82) is 0 Å². The Morgan fingerprint density at radius 2 is 2.22 bits per heavy atom. The number of rotatable bonds is 4. The molecule has 1 aromatic heterocycles. The summed E-state index contributed by atoms with van der Waals surface area (Å²) >= 11 is 7.11. The normalized spacial score (nSPS) is 10.6. The van der Waals surface area contributed by atoms with Crippen LogP contribution in [-0.4, -0.2) is 10.8 Å². The summed E-state index contributed by atoms with van der Waals surface area (Å²) in [4.78, 5) is 16.0. The van der Waals surface area contributed by atoms with Crippen molar-refractivity contribution in [1.82, 2.24) is 4.98 Å². The van der Waals surface area contributed by atoms with Gasteiger partial charge in [-0.2, -0.15) is 0 Å². The van der Waals surface area contributed by atoms with E-state index in [9.17, 15) is 9.18 Å². The number of carbonyl (C=O) groups excluding carboxylic acids is 1. The molecule has 0 N–H and O–H groups in total. The Balaban J connectivity index is 2.05. The van der Waals surface area contributed by atoms with Crippen molar-refractivity contribution in [3.05, 3.63) is 50.7 Å². The van der Waals surface area contributed by atoms with Gasteiger partial charge in [0.15, 0.2) is 0 Å². The summed E-state index contributed by atoms with van der Waals surface area (Å²) < 4.78 is 13.6. The van der Waals surface area contributed by atoms with Crippen LogP contribution in [0, 0.1) is 12.7 Å². The maximum Gasteiger partial charge on any atom is 0.145 e. The van der Waals surface area contributed by atoms with Crippen LogP contribution in [0.1, 0.15) is 16.3 Å². The third-order valence-electron chi connectivity index (χ3n) is 2.43. The zero-order chi connectivity index (χ0) is 13.1. The van der Waals surface area contributed by atoms with Crippen molar-refractivity contribution in [3.63, 3.8) is 0 Å². The molecule has 2 rings (SSSR count). The third-order valence-corrected chi connectivity index (χ3v) is 3.69. The van der Waals surface area contributed by atoms with Crippen LogP contribution in [0.2, 0.25) is 5.02 Å². The predicted octanol–water partition coefficient (Wildman–Crippen LogP) is 3.60. The van der Waals surface area contributed by atoms with E-state index < -0.39 is 5.82 Å². The first kappa shape index (κ1) is 13.2. The number of aryl methyl sites for hydroxylation is 1. The number of carbonyl (C=O) groups is 1. The Kier molecular flexibility index (Phi) is 4.09. The quantitative estimate of drug-likeness (QED) is 0.858. The lowest BCUT2D eigenvalue weighted by molar-refractivity contribution is -0.117. The van der Waals surface area contributed by atoms with Crippen molar-refractivity contribution < 1.29 is 9.18 Å². The first-order valence-corrected chi connectivity index (χ1v) is 6.67. The Hall–Kier alpha value is -1.26. The van der Waals surface area contributed by atoms with Crippen molar-refractivity contribution >= 4 is 28.7 Å². The van der Waals surface area contributed by atoms with Gasteiger partial charge in [-0.3, -0.25) is 4.79 Å². The highest BCUT2D eigenvalue weighted by Crippen LogP contribution is 2.19. The minimum Gasteiger partial charge on any atom is -0.299 e. The highest BCUT2D eigenvalue weighted by molar-refractivity contribution is 7.09. The first-order chi connectivity index (χ1) is 8.56. The molecule has 0 saturated carbocycles. The summed E-state index contributed by atoms with van der Waals surface area (Å²) in [7, 11) is 0. The second-order valence-electron chi connectivity index (χ2n) is 3.99. The van der Waals surface area contributed by atoms with E-state index in [4.69, 9.17) is 11.6 Å². The number of thiazole rings is 1. The van der Waals surface area contributed by atoms with Gasteiger partial charge in [0.2, 0.25) is 0 Å². The SMILES string of the molecule is Cc1csc(CC(=O)Cc2cccc(Cl)c2F)n1. The van der Waals surface area contributed by atoms with E-state index in [1.165, 1.54) is 17.4 Å². The molecular weight excluding hydrogens is 273 g/mol. The number of benzene rings is 1. The molecule has 0 aliphatic rings. The fourth-order valence-electron chi connectivity index (χ4n) is 1.61. The zero-order valence-electron chi connectivity index (χ0n) is 9.74. The van der Waals surface area contributed by atoms with Gasteiger partial charge in [-0.15, -0.1) is 11.3 Å². The average molecular weight is 284 g/mol. The summed E-state index contributed by atoms with van der Waals surface area (Å²) in [6.07, 6.45) is 0.287. The number of ketones is 1. The number of hydrogen-bond acceptors (Lipinski definition) is 3. The monoisotopic (exact) mass is 283 g/mol. The van der Waals surface area contributed by atoms with E-state index in [1.807, 2.05) is 12.3 Å².